The molecule has 0 aliphatic carbocycles. The van der Waals surface area contributed by atoms with Crippen molar-refractivity contribution in [2.75, 3.05) is 26.2 Å². The summed E-state index contributed by atoms with van der Waals surface area (Å²) in [6.45, 7) is 1.48. The van der Waals surface area contributed by atoms with Crippen molar-refractivity contribution in [3.8, 4) is 0 Å². The number of imide groups is 1. The van der Waals surface area contributed by atoms with Gasteiger partial charge in [-0.2, -0.15) is 0 Å². The third-order valence-corrected chi connectivity index (χ3v) is 8.31. The fraction of sp³-hybridized carbons (Fsp3) is 0.395. The molecule has 4 amide bonds. The Bertz CT molecular complexity index is 1500. The SMILES string of the molecule is NCCCC(C(=O)NCCCCCN1C(=O)c2ccccc2C1=O)N(CCCCC(=O)OCc1ccccc1)C(=O)OCc1ccccc1. The van der Waals surface area contributed by atoms with Crippen molar-refractivity contribution in [3.63, 3.8) is 0 Å². The number of rotatable bonds is 20. The van der Waals surface area contributed by atoms with E-state index in [1.807, 2.05) is 60.7 Å². The molecule has 3 N–H and O–H groups in total. The summed E-state index contributed by atoms with van der Waals surface area (Å²) in [6, 6.07) is 24.7. The number of ether oxygens (including phenoxy) is 2. The topological polar surface area (TPSA) is 148 Å². The predicted molar refractivity (Wildman–Crippen MR) is 184 cm³/mol. The molecular formula is C38H46N4O7. The highest BCUT2D eigenvalue weighted by molar-refractivity contribution is 6.21. The summed E-state index contributed by atoms with van der Waals surface area (Å²) in [6.07, 6.45) is 3.28. The fourth-order valence-electron chi connectivity index (χ4n) is 5.62. The van der Waals surface area contributed by atoms with Gasteiger partial charge in [-0.15, -0.1) is 0 Å². The van der Waals surface area contributed by atoms with E-state index in [2.05, 4.69) is 5.32 Å². The quantitative estimate of drug-likeness (QED) is 0.0944. The van der Waals surface area contributed by atoms with Crippen molar-refractivity contribution in [2.45, 2.75) is 70.6 Å². The number of hydrogen-bond acceptors (Lipinski definition) is 8. The summed E-state index contributed by atoms with van der Waals surface area (Å²) in [4.78, 5) is 67.2. The molecule has 260 valence electrons. The largest absolute Gasteiger partial charge is 0.461 e. The van der Waals surface area contributed by atoms with Crippen molar-refractivity contribution in [1.29, 1.82) is 0 Å². The zero-order chi connectivity index (χ0) is 34.8. The lowest BCUT2D eigenvalue weighted by molar-refractivity contribution is -0.145. The highest BCUT2D eigenvalue weighted by atomic mass is 16.6. The van der Waals surface area contributed by atoms with Gasteiger partial charge in [0.05, 0.1) is 11.1 Å². The minimum Gasteiger partial charge on any atom is -0.461 e. The van der Waals surface area contributed by atoms with E-state index in [1.54, 1.807) is 24.3 Å². The number of benzene rings is 3. The normalized spacial score (nSPS) is 12.7. The Morgan fingerprint density at radius 1 is 0.714 bits per heavy atom. The van der Waals surface area contributed by atoms with Gasteiger partial charge in [0.2, 0.25) is 5.91 Å². The first-order valence-corrected chi connectivity index (χ1v) is 17.0. The van der Waals surface area contributed by atoms with Gasteiger partial charge in [-0.1, -0.05) is 72.8 Å². The first-order valence-electron chi connectivity index (χ1n) is 17.0. The molecule has 49 heavy (non-hydrogen) atoms. The van der Waals surface area contributed by atoms with Crippen LogP contribution in [0.3, 0.4) is 0 Å². The maximum atomic E-state index is 13.5. The van der Waals surface area contributed by atoms with E-state index in [0.717, 1.165) is 11.1 Å². The van der Waals surface area contributed by atoms with Crippen molar-refractivity contribution >= 4 is 29.8 Å². The summed E-state index contributed by atoms with van der Waals surface area (Å²) in [5.74, 6) is -1.20. The van der Waals surface area contributed by atoms with Gasteiger partial charge in [-0.05, 0) is 74.8 Å². The van der Waals surface area contributed by atoms with Crippen molar-refractivity contribution < 1.29 is 33.4 Å². The number of fused-ring (bicyclic) bond motifs is 1. The van der Waals surface area contributed by atoms with Gasteiger partial charge in [0.1, 0.15) is 19.3 Å². The van der Waals surface area contributed by atoms with E-state index in [-0.39, 0.29) is 49.9 Å². The molecule has 1 unspecified atom stereocenters. The number of esters is 1. The number of amides is 4. The Hall–Kier alpha value is -5.03. The van der Waals surface area contributed by atoms with Gasteiger partial charge >= 0.3 is 12.1 Å². The number of carbonyl (C=O) groups excluding carboxylic acids is 5. The van der Waals surface area contributed by atoms with Crippen LogP contribution < -0.4 is 11.1 Å². The Morgan fingerprint density at radius 2 is 1.31 bits per heavy atom. The summed E-state index contributed by atoms with van der Waals surface area (Å²) in [5, 5.41) is 2.95. The first-order chi connectivity index (χ1) is 23.9. The fourth-order valence-corrected chi connectivity index (χ4v) is 5.62. The molecule has 11 nitrogen and oxygen atoms in total. The van der Waals surface area contributed by atoms with E-state index in [9.17, 15) is 24.0 Å². The zero-order valence-corrected chi connectivity index (χ0v) is 27.9. The van der Waals surface area contributed by atoms with Crippen molar-refractivity contribution in [2.24, 2.45) is 5.73 Å². The van der Waals surface area contributed by atoms with Gasteiger partial charge in [0.15, 0.2) is 0 Å². The number of unbranched alkanes of at least 4 members (excludes halogenated alkanes) is 3. The van der Waals surface area contributed by atoms with E-state index in [0.29, 0.717) is 75.7 Å². The number of carbonyl (C=O) groups is 5. The van der Waals surface area contributed by atoms with Crippen LogP contribution in [0.1, 0.15) is 83.2 Å². The second kappa shape index (κ2) is 19.7. The summed E-state index contributed by atoms with van der Waals surface area (Å²) >= 11 is 0. The molecule has 0 spiro atoms. The Labute approximate surface area is 287 Å². The van der Waals surface area contributed by atoms with Crippen LogP contribution in [0, 0.1) is 0 Å². The Kier molecular flexibility index (Phi) is 14.8. The molecule has 3 aromatic rings. The van der Waals surface area contributed by atoms with Gasteiger partial charge < -0.3 is 20.5 Å². The molecular weight excluding hydrogens is 624 g/mol. The number of nitrogens with two attached hydrogens (primary N) is 1. The molecule has 0 aromatic heterocycles. The standard InChI is InChI=1S/C38H46N4O7/c39-23-14-21-33(35(44)40-24-11-3-12-26-42-36(45)31-19-8-9-20-32(31)37(42)46)41(38(47)49-28-30-17-6-2-7-18-30)25-13-10-22-34(43)48-27-29-15-4-1-5-16-29/h1-2,4-9,15-20,33H,3,10-14,21-28,39H2,(H,40,44). The Morgan fingerprint density at radius 3 is 1.92 bits per heavy atom. The molecule has 11 heteroatoms. The van der Waals surface area contributed by atoms with Crippen LogP contribution in [0.25, 0.3) is 0 Å². The van der Waals surface area contributed by atoms with E-state index in [4.69, 9.17) is 15.2 Å². The second-order valence-corrected chi connectivity index (χ2v) is 11.9. The Balaban J connectivity index is 1.27. The van der Waals surface area contributed by atoms with E-state index < -0.39 is 12.1 Å². The molecule has 0 saturated carbocycles. The number of nitrogens with one attached hydrogen (secondary N) is 1. The third-order valence-electron chi connectivity index (χ3n) is 8.31. The summed E-state index contributed by atoms with van der Waals surface area (Å²) < 4.78 is 11.0. The molecule has 3 aromatic carbocycles. The van der Waals surface area contributed by atoms with E-state index in [1.165, 1.54) is 9.80 Å². The molecule has 4 rings (SSSR count). The van der Waals surface area contributed by atoms with Crippen LogP contribution in [-0.2, 0) is 32.3 Å². The lowest BCUT2D eigenvalue weighted by Crippen LogP contribution is -2.50. The molecule has 0 bridgehead atoms. The molecule has 0 radical (unpaired) electrons. The van der Waals surface area contributed by atoms with Crippen LogP contribution in [-0.4, -0.2) is 71.8 Å². The molecule has 1 aliphatic rings. The highest BCUT2D eigenvalue weighted by Gasteiger charge is 2.34. The van der Waals surface area contributed by atoms with Crippen molar-refractivity contribution in [3.05, 3.63) is 107 Å². The monoisotopic (exact) mass is 670 g/mol. The molecule has 0 saturated heterocycles. The maximum absolute atomic E-state index is 13.5. The average Bonchev–Trinajstić information content (AvgIpc) is 3.37. The molecule has 1 heterocycles. The van der Waals surface area contributed by atoms with Crippen LogP contribution in [0.15, 0.2) is 84.9 Å². The van der Waals surface area contributed by atoms with Crippen LogP contribution >= 0.6 is 0 Å². The predicted octanol–water partition coefficient (Wildman–Crippen LogP) is 5.23. The van der Waals surface area contributed by atoms with Gasteiger partial charge in [0.25, 0.3) is 11.8 Å². The lowest BCUT2D eigenvalue weighted by atomic mass is 10.1. The highest BCUT2D eigenvalue weighted by Crippen LogP contribution is 2.23. The molecule has 1 aliphatic heterocycles. The molecule has 1 atom stereocenters. The summed E-state index contributed by atoms with van der Waals surface area (Å²) in [5.41, 5.74) is 8.38. The van der Waals surface area contributed by atoms with Crippen LogP contribution in [0.5, 0.6) is 0 Å². The van der Waals surface area contributed by atoms with E-state index >= 15 is 0 Å². The molecule has 0 fully saturated rings. The minimum atomic E-state index is -0.810. The summed E-state index contributed by atoms with van der Waals surface area (Å²) in [7, 11) is 0. The van der Waals surface area contributed by atoms with Gasteiger partial charge in [-0.25, -0.2) is 4.79 Å². The third kappa shape index (κ3) is 11.3. The smallest absolute Gasteiger partial charge is 0.410 e. The lowest BCUT2D eigenvalue weighted by Gasteiger charge is -2.30. The first kappa shape index (κ1) is 36.8. The second-order valence-electron chi connectivity index (χ2n) is 11.9. The number of nitrogens with zero attached hydrogens (tertiary/aromatic N) is 2. The van der Waals surface area contributed by atoms with Crippen LogP contribution in [0.4, 0.5) is 4.79 Å². The zero-order valence-electron chi connectivity index (χ0n) is 27.9. The minimum absolute atomic E-state index is 0.0559. The van der Waals surface area contributed by atoms with Crippen molar-refractivity contribution in [1.82, 2.24) is 15.1 Å². The van der Waals surface area contributed by atoms with Crippen LogP contribution in [0.2, 0.25) is 0 Å². The number of hydrogen-bond donors (Lipinski definition) is 2. The average molecular weight is 671 g/mol. The van der Waals surface area contributed by atoms with Gasteiger partial charge in [0, 0.05) is 26.1 Å². The van der Waals surface area contributed by atoms with Gasteiger partial charge in [-0.3, -0.25) is 29.0 Å². The maximum Gasteiger partial charge on any atom is 0.410 e.